The number of rotatable bonds is 3. The molecule has 0 bridgehead atoms. The van der Waals surface area contributed by atoms with Crippen molar-refractivity contribution in [3.63, 3.8) is 0 Å². The van der Waals surface area contributed by atoms with Gasteiger partial charge in [0.2, 0.25) is 5.79 Å². The second kappa shape index (κ2) is 4.75. The van der Waals surface area contributed by atoms with Crippen LogP contribution in [0.25, 0.3) is 0 Å². The smallest absolute Gasteiger partial charge is 0.219 e. The topological polar surface area (TPSA) is 27.7 Å². The molecule has 1 saturated heterocycles. The summed E-state index contributed by atoms with van der Waals surface area (Å²) < 4.78 is 16.9. The minimum absolute atomic E-state index is 0.463. The van der Waals surface area contributed by atoms with Gasteiger partial charge in [-0.05, 0) is 6.92 Å². The van der Waals surface area contributed by atoms with Crippen LogP contribution < -0.4 is 0 Å². The molecular formula is C12H16O3. The summed E-state index contributed by atoms with van der Waals surface area (Å²) in [6.45, 7) is 4.25. The van der Waals surface area contributed by atoms with E-state index in [0.29, 0.717) is 26.4 Å². The van der Waals surface area contributed by atoms with Crippen LogP contribution in [0.4, 0.5) is 0 Å². The van der Waals surface area contributed by atoms with Gasteiger partial charge in [-0.1, -0.05) is 30.3 Å². The molecule has 0 aliphatic carbocycles. The molecule has 82 valence electrons. The van der Waals surface area contributed by atoms with E-state index < -0.39 is 5.79 Å². The van der Waals surface area contributed by atoms with Crippen LogP contribution in [0.2, 0.25) is 0 Å². The van der Waals surface area contributed by atoms with Crippen molar-refractivity contribution in [2.24, 2.45) is 0 Å². The van der Waals surface area contributed by atoms with Gasteiger partial charge in [0.1, 0.15) is 6.61 Å². The Balaban J connectivity index is 2.25. The Bertz CT molecular complexity index is 285. The Morgan fingerprint density at radius 2 is 2.07 bits per heavy atom. The van der Waals surface area contributed by atoms with Gasteiger partial charge >= 0.3 is 0 Å². The van der Waals surface area contributed by atoms with Gasteiger partial charge in [-0.3, -0.25) is 0 Å². The van der Waals surface area contributed by atoms with E-state index in [4.69, 9.17) is 14.2 Å². The van der Waals surface area contributed by atoms with Gasteiger partial charge < -0.3 is 14.2 Å². The van der Waals surface area contributed by atoms with Crippen molar-refractivity contribution >= 4 is 0 Å². The van der Waals surface area contributed by atoms with E-state index in [0.717, 1.165) is 5.56 Å². The van der Waals surface area contributed by atoms with Crippen molar-refractivity contribution in [3.05, 3.63) is 35.9 Å². The Labute approximate surface area is 90.0 Å². The molecule has 15 heavy (non-hydrogen) atoms. The first-order chi connectivity index (χ1) is 7.37. The summed E-state index contributed by atoms with van der Waals surface area (Å²) in [7, 11) is 0. The molecule has 0 aromatic heterocycles. The SMILES string of the molecule is CCOC1(c2ccccc2)COCCO1. The van der Waals surface area contributed by atoms with Gasteiger partial charge in [-0.25, -0.2) is 0 Å². The lowest BCUT2D eigenvalue weighted by Crippen LogP contribution is -2.43. The highest BCUT2D eigenvalue weighted by Crippen LogP contribution is 2.29. The number of benzene rings is 1. The van der Waals surface area contributed by atoms with Gasteiger partial charge in [-0.15, -0.1) is 0 Å². The fourth-order valence-corrected chi connectivity index (χ4v) is 1.77. The summed E-state index contributed by atoms with van der Waals surface area (Å²) in [5.74, 6) is -0.700. The van der Waals surface area contributed by atoms with Gasteiger partial charge in [0.05, 0.1) is 13.2 Å². The van der Waals surface area contributed by atoms with Crippen molar-refractivity contribution in [2.75, 3.05) is 26.4 Å². The summed E-state index contributed by atoms with van der Waals surface area (Å²) >= 11 is 0. The maximum absolute atomic E-state index is 5.74. The summed E-state index contributed by atoms with van der Waals surface area (Å²) in [6, 6.07) is 9.95. The first kappa shape index (κ1) is 10.6. The summed E-state index contributed by atoms with van der Waals surface area (Å²) in [4.78, 5) is 0. The zero-order chi connectivity index (χ0) is 10.6. The third-order valence-corrected chi connectivity index (χ3v) is 2.45. The second-order valence-electron chi connectivity index (χ2n) is 3.45. The third-order valence-electron chi connectivity index (χ3n) is 2.45. The van der Waals surface area contributed by atoms with E-state index >= 15 is 0 Å². The van der Waals surface area contributed by atoms with Crippen LogP contribution in [0, 0.1) is 0 Å². The Hall–Kier alpha value is -0.900. The van der Waals surface area contributed by atoms with Gasteiger partial charge in [-0.2, -0.15) is 0 Å². The van der Waals surface area contributed by atoms with Gasteiger partial charge in [0.15, 0.2) is 0 Å². The van der Waals surface area contributed by atoms with E-state index in [1.54, 1.807) is 0 Å². The van der Waals surface area contributed by atoms with E-state index in [1.807, 2.05) is 37.3 Å². The van der Waals surface area contributed by atoms with Crippen LogP contribution in [0.1, 0.15) is 12.5 Å². The number of ether oxygens (including phenoxy) is 3. The monoisotopic (exact) mass is 208 g/mol. The van der Waals surface area contributed by atoms with E-state index in [2.05, 4.69) is 0 Å². The lowest BCUT2D eigenvalue weighted by molar-refractivity contribution is -0.300. The van der Waals surface area contributed by atoms with Crippen LogP contribution >= 0.6 is 0 Å². The normalized spacial score (nSPS) is 26.5. The molecule has 3 heteroatoms. The molecule has 2 rings (SSSR count). The Morgan fingerprint density at radius 3 is 2.67 bits per heavy atom. The lowest BCUT2D eigenvalue weighted by atomic mass is 10.1. The number of hydrogen-bond acceptors (Lipinski definition) is 3. The van der Waals surface area contributed by atoms with Crippen LogP contribution in [-0.2, 0) is 20.0 Å². The molecule has 1 unspecified atom stereocenters. The molecular weight excluding hydrogens is 192 g/mol. The summed E-state index contributed by atoms with van der Waals surface area (Å²) in [5.41, 5.74) is 1.02. The van der Waals surface area contributed by atoms with E-state index in [-0.39, 0.29) is 0 Å². The van der Waals surface area contributed by atoms with Crippen LogP contribution in [-0.4, -0.2) is 26.4 Å². The Morgan fingerprint density at radius 1 is 1.27 bits per heavy atom. The maximum atomic E-state index is 5.74. The molecule has 1 aromatic carbocycles. The van der Waals surface area contributed by atoms with Crippen LogP contribution in [0.3, 0.4) is 0 Å². The molecule has 0 saturated carbocycles. The molecule has 0 N–H and O–H groups in total. The highest BCUT2D eigenvalue weighted by Gasteiger charge is 2.36. The largest absolute Gasteiger partial charge is 0.373 e. The molecule has 1 atom stereocenters. The van der Waals surface area contributed by atoms with Crippen molar-refractivity contribution in [1.29, 1.82) is 0 Å². The predicted molar refractivity (Wildman–Crippen MR) is 56.5 cm³/mol. The molecule has 0 amide bonds. The fourth-order valence-electron chi connectivity index (χ4n) is 1.77. The van der Waals surface area contributed by atoms with Crippen molar-refractivity contribution < 1.29 is 14.2 Å². The van der Waals surface area contributed by atoms with E-state index in [1.165, 1.54) is 0 Å². The Kier molecular flexibility index (Phi) is 3.36. The predicted octanol–water partition coefficient (Wildman–Crippen LogP) is 1.92. The average Bonchev–Trinajstić information content (AvgIpc) is 2.32. The molecule has 1 aliphatic rings. The first-order valence-corrected chi connectivity index (χ1v) is 5.28. The molecule has 0 radical (unpaired) electrons. The zero-order valence-corrected chi connectivity index (χ0v) is 8.94. The van der Waals surface area contributed by atoms with Crippen LogP contribution in [0.5, 0.6) is 0 Å². The van der Waals surface area contributed by atoms with Gasteiger partial charge in [0.25, 0.3) is 0 Å². The summed E-state index contributed by atoms with van der Waals surface area (Å²) in [5, 5.41) is 0. The van der Waals surface area contributed by atoms with Crippen molar-refractivity contribution in [2.45, 2.75) is 12.7 Å². The number of hydrogen-bond donors (Lipinski definition) is 0. The molecule has 1 aliphatic heterocycles. The average molecular weight is 208 g/mol. The minimum atomic E-state index is -0.700. The minimum Gasteiger partial charge on any atom is -0.373 e. The molecule has 3 nitrogen and oxygen atoms in total. The lowest BCUT2D eigenvalue weighted by Gasteiger charge is -2.36. The highest BCUT2D eigenvalue weighted by atomic mass is 16.7. The quantitative estimate of drug-likeness (QED) is 0.759. The third kappa shape index (κ3) is 2.20. The molecule has 1 fully saturated rings. The standard InChI is InChI=1S/C12H16O3/c1-2-14-12(10-13-8-9-15-12)11-6-4-3-5-7-11/h3-7H,2,8-10H2,1H3. The van der Waals surface area contributed by atoms with E-state index in [9.17, 15) is 0 Å². The van der Waals surface area contributed by atoms with Crippen LogP contribution in [0.15, 0.2) is 30.3 Å². The molecule has 1 aromatic rings. The maximum Gasteiger partial charge on any atom is 0.219 e. The van der Waals surface area contributed by atoms with Gasteiger partial charge in [0, 0.05) is 12.2 Å². The highest BCUT2D eigenvalue weighted by molar-refractivity contribution is 5.20. The summed E-state index contributed by atoms with van der Waals surface area (Å²) in [6.07, 6.45) is 0. The first-order valence-electron chi connectivity index (χ1n) is 5.28. The van der Waals surface area contributed by atoms with Crippen molar-refractivity contribution in [1.82, 2.24) is 0 Å². The second-order valence-corrected chi connectivity index (χ2v) is 3.45. The molecule has 1 heterocycles. The molecule has 0 spiro atoms. The fraction of sp³-hybridized carbons (Fsp3) is 0.500. The van der Waals surface area contributed by atoms with Crippen molar-refractivity contribution in [3.8, 4) is 0 Å². The zero-order valence-electron chi connectivity index (χ0n) is 8.94.